The average molecular weight is 428 g/mol. The molecular weight excluding hydrogens is 390 g/mol. The highest BCUT2D eigenvalue weighted by Gasteiger charge is 2.28. The van der Waals surface area contributed by atoms with E-state index in [2.05, 4.69) is 43.0 Å². The van der Waals surface area contributed by atoms with Crippen LogP contribution in [0.5, 0.6) is 0 Å². The van der Waals surface area contributed by atoms with Crippen LogP contribution in [0.3, 0.4) is 0 Å². The number of hydrogen-bond acceptors (Lipinski definition) is 5. The number of piperidine rings is 1. The minimum Gasteiger partial charge on any atom is -0.385 e. The second-order valence-electron chi connectivity index (χ2n) is 9.11. The lowest BCUT2D eigenvalue weighted by atomic mass is 9.98. The molecule has 2 heterocycles. The van der Waals surface area contributed by atoms with Crippen LogP contribution in [-0.4, -0.2) is 49.3 Å². The zero-order valence-corrected chi connectivity index (χ0v) is 19.5. The zero-order valence-electron chi connectivity index (χ0n) is 19.5. The van der Waals surface area contributed by atoms with Crippen molar-refractivity contribution in [1.82, 2.24) is 10.1 Å². The fourth-order valence-corrected chi connectivity index (χ4v) is 4.09. The standard InChI is InChI=1S/C25H37N3O3/c1-19(2)17-23(29)28(13-8-16-30-4)18-22-24(21-9-6-5-7-10-21)26-31-25(22)27-14-11-20(3)12-15-27/h5-7,9-10,19-20H,8,11-18H2,1-4H3. The molecule has 0 saturated carbocycles. The molecule has 0 atom stereocenters. The smallest absolute Gasteiger partial charge is 0.232 e. The summed E-state index contributed by atoms with van der Waals surface area (Å²) in [7, 11) is 1.70. The summed E-state index contributed by atoms with van der Waals surface area (Å²) >= 11 is 0. The molecule has 6 heteroatoms. The van der Waals surface area contributed by atoms with Crippen LogP contribution in [0.15, 0.2) is 34.9 Å². The summed E-state index contributed by atoms with van der Waals surface area (Å²) < 4.78 is 11.2. The van der Waals surface area contributed by atoms with E-state index in [9.17, 15) is 4.79 Å². The van der Waals surface area contributed by atoms with Gasteiger partial charge in [-0.3, -0.25) is 4.79 Å². The Bertz CT molecular complexity index is 811. The van der Waals surface area contributed by atoms with E-state index in [1.807, 2.05) is 23.1 Å². The number of ether oxygens (including phenoxy) is 1. The number of benzene rings is 1. The molecule has 2 aromatic rings. The van der Waals surface area contributed by atoms with Gasteiger partial charge >= 0.3 is 0 Å². The quantitative estimate of drug-likeness (QED) is 0.500. The van der Waals surface area contributed by atoms with E-state index in [1.54, 1.807) is 7.11 Å². The molecule has 0 aliphatic carbocycles. The summed E-state index contributed by atoms with van der Waals surface area (Å²) in [4.78, 5) is 17.3. The molecular formula is C25H37N3O3. The van der Waals surface area contributed by atoms with E-state index in [1.165, 1.54) is 0 Å². The molecule has 1 saturated heterocycles. The third kappa shape index (κ3) is 6.33. The molecule has 1 aromatic carbocycles. The molecule has 0 N–H and O–H groups in total. The molecule has 0 spiro atoms. The van der Waals surface area contributed by atoms with Gasteiger partial charge in [0.05, 0.1) is 12.1 Å². The van der Waals surface area contributed by atoms with Crippen molar-refractivity contribution in [3.05, 3.63) is 35.9 Å². The first-order valence-corrected chi connectivity index (χ1v) is 11.5. The maximum absolute atomic E-state index is 13.1. The fraction of sp³-hybridized carbons (Fsp3) is 0.600. The fourth-order valence-electron chi connectivity index (χ4n) is 4.09. The van der Waals surface area contributed by atoms with Crippen molar-refractivity contribution in [2.45, 2.75) is 53.0 Å². The van der Waals surface area contributed by atoms with Crippen molar-refractivity contribution in [3.63, 3.8) is 0 Å². The molecule has 1 aliphatic rings. The highest BCUT2D eigenvalue weighted by molar-refractivity contribution is 5.77. The van der Waals surface area contributed by atoms with Crippen LogP contribution in [0.4, 0.5) is 5.88 Å². The van der Waals surface area contributed by atoms with Gasteiger partial charge in [-0.1, -0.05) is 56.3 Å². The van der Waals surface area contributed by atoms with Gasteiger partial charge in [0.25, 0.3) is 0 Å². The van der Waals surface area contributed by atoms with Crippen LogP contribution in [0.25, 0.3) is 11.3 Å². The third-order valence-electron chi connectivity index (χ3n) is 5.95. The molecule has 170 valence electrons. The van der Waals surface area contributed by atoms with Crippen LogP contribution in [0, 0.1) is 11.8 Å². The number of carbonyl (C=O) groups excluding carboxylic acids is 1. The van der Waals surface area contributed by atoms with Gasteiger partial charge in [0, 0.05) is 45.3 Å². The number of aromatic nitrogens is 1. The van der Waals surface area contributed by atoms with Gasteiger partial charge < -0.3 is 19.1 Å². The van der Waals surface area contributed by atoms with Crippen LogP contribution < -0.4 is 4.90 Å². The molecule has 1 aromatic heterocycles. The number of carbonyl (C=O) groups is 1. The summed E-state index contributed by atoms with van der Waals surface area (Å²) in [6.45, 7) is 10.2. The highest BCUT2D eigenvalue weighted by Crippen LogP contribution is 2.34. The van der Waals surface area contributed by atoms with E-state index < -0.39 is 0 Å². The maximum atomic E-state index is 13.1. The van der Waals surface area contributed by atoms with E-state index in [0.29, 0.717) is 32.0 Å². The van der Waals surface area contributed by atoms with E-state index >= 15 is 0 Å². The number of rotatable bonds is 10. The Morgan fingerprint density at radius 1 is 1.26 bits per heavy atom. The van der Waals surface area contributed by atoms with Gasteiger partial charge in [0.2, 0.25) is 11.8 Å². The first-order chi connectivity index (χ1) is 15.0. The van der Waals surface area contributed by atoms with E-state index in [-0.39, 0.29) is 5.91 Å². The van der Waals surface area contributed by atoms with Crippen molar-refractivity contribution in [2.75, 3.05) is 38.3 Å². The molecule has 31 heavy (non-hydrogen) atoms. The van der Waals surface area contributed by atoms with Crippen molar-refractivity contribution >= 4 is 11.8 Å². The molecule has 0 bridgehead atoms. The van der Waals surface area contributed by atoms with Gasteiger partial charge in [-0.25, -0.2) is 0 Å². The Hall–Kier alpha value is -2.34. The summed E-state index contributed by atoms with van der Waals surface area (Å²) in [5.41, 5.74) is 2.87. The first kappa shape index (κ1) is 23.3. The second kappa shape index (κ2) is 11.3. The molecule has 0 unspecified atom stereocenters. The van der Waals surface area contributed by atoms with Gasteiger partial charge in [0.15, 0.2) is 0 Å². The third-order valence-corrected chi connectivity index (χ3v) is 5.95. The molecule has 1 aliphatic heterocycles. The van der Waals surface area contributed by atoms with E-state index in [0.717, 1.165) is 61.0 Å². The van der Waals surface area contributed by atoms with Crippen LogP contribution in [0.2, 0.25) is 0 Å². The zero-order chi connectivity index (χ0) is 22.2. The Morgan fingerprint density at radius 3 is 2.61 bits per heavy atom. The minimum atomic E-state index is 0.171. The summed E-state index contributed by atoms with van der Waals surface area (Å²) in [6, 6.07) is 10.1. The SMILES string of the molecule is COCCCN(Cc1c(-c2ccccc2)noc1N1CCC(C)CC1)C(=O)CC(C)C. The molecule has 6 nitrogen and oxygen atoms in total. The molecule has 0 radical (unpaired) electrons. The number of nitrogens with zero attached hydrogens (tertiary/aromatic N) is 3. The Kier molecular flexibility index (Phi) is 8.52. The van der Waals surface area contributed by atoms with Crippen molar-refractivity contribution in [3.8, 4) is 11.3 Å². The Balaban J connectivity index is 1.92. The van der Waals surface area contributed by atoms with Crippen LogP contribution in [0.1, 0.15) is 52.0 Å². The van der Waals surface area contributed by atoms with Crippen LogP contribution >= 0.6 is 0 Å². The molecule has 1 fully saturated rings. The van der Waals surface area contributed by atoms with Crippen molar-refractivity contribution in [1.29, 1.82) is 0 Å². The Morgan fingerprint density at radius 2 is 1.97 bits per heavy atom. The lowest BCUT2D eigenvalue weighted by molar-refractivity contribution is -0.132. The van der Waals surface area contributed by atoms with Crippen molar-refractivity contribution in [2.24, 2.45) is 11.8 Å². The maximum Gasteiger partial charge on any atom is 0.232 e. The summed E-state index contributed by atoms with van der Waals surface area (Å²) in [5, 5.41) is 4.47. The van der Waals surface area contributed by atoms with Gasteiger partial charge in [0.1, 0.15) is 5.69 Å². The van der Waals surface area contributed by atoms with Gasteiger partial charge in [-0.15, -0.1) is 0 Å². The topological polar surface area (TPSA) is 58.8 Å². The predicted octanol–water partition coefficient (Wildman–Crippen LogP) is 4.99. The number of hydrogen-bond donors (Lipinski definition) is 0. The summed E-state index contributed by atoms with van der Waals surface area (Å²) in [6.07, 6.45) is 3.63. The van der Waals surface area contributed by atoms with Gasteiger partial charge in [-0.05, 0) is 31.1 Å². The normalized spacial score (nSPS) is 14.9. The minimum absolute atomic E-state index is 0.171. The number of amides is 1. The summed E-state index contributed by atoms with van der Waals surface area (Å²) in [5.74, 6) is 2.04. The molecule has 1 amide bonds. The highest BCUT2D eigenvalue weighted by atomic mass is 16.5. The van der Waals surface area contributed by atoms with Gasteiger partial charge in [-0.2, -0.15) is 0 Å². The van der Waals surface area contributed by atoms with E-state index in [4.69, 9.17) is 9.26 Å². The molecule has 3 rings (SSSR count). The first-order valence-electron chi connectivity index (χ1n) is 11.5. The predicted molar refractivity (Wildman–Crippen MR) is 124 cm³/mol. The second-order valence-corrected chi connectivity index (χ2v) is 9.11. The average Bonchev–Trinajstić information content (AvgIpc) is 3.17. The number of anilines is 1. The Labute approximate surface area is 186 Å². The largest absolute Gasteiger partial charge is 0.385 e. The van der Waals surface area contributed by atoms with Crippen LogP contribution in [-0.2, 0) is 16.1 Å². The van der Waals surface area contributed by atoms with Crippen molar-refractivity contribution < 1.29 is 14.1 Å². The monoisotopic (exact) mass is 427 g/mol. The lowest BCUT2D eigenvalue weighted by Gasteiger charge is -2.31. The lowest BCUT2D eigenvalue weighted by Crippen LogP contribution is -2.35. The number of methoxy groups -OCH3 is 1.